The fraction of sp³-hybridized carbons (Fsp3) is 0.500. The molecule has 1 fully saturated rings. The number of aliphatic hydroxyl groups is 3. The van der Waals surface area contributed by atoms with Gasteiger partial charge < -0.3 is 34.8 Å². The van der Waals surface area contributed by atoms with Gasteiger partial charge in [0.2, 0.25) is 12.2 Å². The molecule has 2 rings (SSSR count). The Morgan fingerprint density at radius 1 is 1.12 bits per heavy atom. The van der Waals surface area contributed by atoms with Crippen LogP contribution in [0, 0.1) is 0 Å². The van der Waals surface area contributed by atoms with E-state index in [1.807, 2.05) is 0 Å². The molecule has 0 aliphatic carbocycles. The molecule has 138 valence electrons. The van der Waals surface area contributed by atoms with Crippen molar-refractivity contribution in [1.82, 2.24) is 5.32 Å². The van der Waals surface area contributed by atoms with Crippen LogP contribution in [0.3, 0.4) is 0 Å². The summed E-state index contributed by atoms with van der Waals surface area (Å²) in [6, 6.07) is 5.89. The maximum absolute atomic E-state index is 11.4. The molecule has 1 aliphatic rings. The van der Waals surface area contributed by atoms with Crippen LogP contribution in [0.1, 0.15) is 17.3 Å². The number of rotatable bonds is 5. The van der Waals surface area contributed by atoms with Gasteiger partial charge in [-0.3, -0.25) is 4.79 Å². The first kappa shape index (κ1) is 19.1. The van der Waals surface area contributed by atoms with Crippen LogP contribution in [0.15, 0.2) is 24.3 Å². The lowest BCUT2D eigenvalue weighted by Crippen LogP contribution is -2.61. The number of aliphatic hydroxyl groups excluding tert-OH is 3. The van der Waals surface area contributed by atoms with Crippen LogP contribution in [0.2, 0.25) is 0 Å². The fourth-order valence-corrected chi connectivity index (χ4v) is 2.35. The van der Waals surface area contributed by atoms with Crippen molar-refractivity contribution in [3.8, 4) is 5.75 Å². The summed E-state index contributed by atoms with van der Waals surface area (Å²) in [4.78, 5) is 22.4. The Morgan fingerprint density at radius 2 is 1.76 bits per heavy atom. The third kappa shape index (κ3) is 4.67. The number of ether oxygens (including phenoxy) is 3. The largest absolute Gasteiger partial charge is 0.465 e. The molecule has 5 atom stereocenters. The smallest absolute Gasteiger partial charge is 0.337 e. The average molecular weight is 355 g/mol. The molecule has 0 unspecified atom stereocenters. The molecule has 1 saturated heterocycles. The predicted octanol–water partition coefficient (Wildman–Crippen LogP) is -1.20. The Labute approximate surface area is 144 Å². The van der Waals surface area contributed by atoms with Crippen LogP contribution in [0.5, 0.6) is 5.75 Å². The zero-order valence-electron chi connectivity index (χ0n) is 13.8. The van der Waals surface area contributed by atoms with Gasteiger partial charge in [-0.25, -0.2) is 4.79 Å². The molecule has 0 bridgehead atoms. The maximum Gasteiger partial charge on any atom is 0.337 e. The Balaban J connectivity index is 2.06. The molecule has 0 radical (unpaired) electrons. The fourth-order valence-electron chi connectivity index (χ4n) is 2.35. The van der Waals surface area contributed by atoms with Crippen molar-refractivity contribution in [1.29, 1.82) is 0 Å². The van der Waals surface area contributed by atoms with Crippen molar-refractivity contribution in [2.75, 3.05) is 13.7 Å². The highest BCUT2D eigenvalue weighted by Gasteiger charge is 2.44. The van der Waals surface area contributed by atoms with Crippen LogP contribution < -0.4 is 10.1 Å². The molecule has 1 aromatic carbocycles. The van der Waals surface area contributed by atoms with Gasteiger partial charge in [-0.1, -0.05) is 0 Å². The standard InChI is InChI=1S/C16H21NO8/c1-8(18)17-7-11-12(19)13(20)14(21)16(25-11)24-10-5-3-9(4-6-10)15(22)23-2/h3-6,11-14,16,19-21H,7H2,1-2H3,(H,17,18)/t11-,12+,13+,14-,16-/m1/s1. The number of methoxy groups -OCH3 is 1. The number of amides is 1. The summed E-state index contributed by atoms with van der Waals surface area (Å²) >= 11 is 0. The number of benzene rings is 1. The normalized spacial score (nSPS) is 28.9. The van der Waals surface area contributed by atoms with E-state index in [9.17, 15) is 24.9 Å². The van der Waals surface area contributed by atoms with Crippen molar-refractivity contribution < 1.29 is 39.1 Å². The lowest BCUT2D eigenvalue weighted by atomic mass is 9.99. The maximum atomic E-state index is 11.4. The van der Waals surface area contributed by atoms with Crippen LogP contribution in [-0.2, 0) is 14.3 Å². The third-order valence-electron chi connectivity index (χ3n) is 3.75. The third-order valence-corrected chi connectivity index (χ3v) is 3.75. The highest BCUT2D eigenvalue weighted by Crippen LogP contribution is 2.24. The number of nitrogens with one attached hydrogen (secondary N) is 1. The summed E-state index contributed by atoms with van der Waals surface area (Å²) in [5, 5.41) is 32.4. The van der Waals surface area contributed by atoms with Crippen molar-refractivity contribution in [2.24, 2.45) is 0 Å². The molecule has 9 heteroatoms. The quantitative estimate of drug-likeness (QED) is 0.484. The Hall–Kier alpha value is -2.20. The minimum absolute atomic E-state index is 0.0541. The van der Waals surface area contributed by atoms with Gasteiger partial charge in [-0.2, -0.15) is 0 Å². The number of esters is 1. The van der Waals surface area contributed by atoms with E-state index in [-0.39, 0.29) is 18.2 Å². The molecular weight excluding hydrogens is 334 g/mol. The summed E-state index contributed by atoms with van der Waals surface area (Å²) in [7, 11) is 1.26. The Kier molecular flexibility index (Phi) is 6.32. The molecule has 1 heterocycles. The van der Waals surface area contributed by atoms with Crippen molar-refractivity contribution >= 4 is 11.9 Å². The molecule has 0 spiro atoms. The van der Waals surface area contributed by atoms with E-state index in [0.717, 1.165) is 0 Å². The SMILES string of the molecule is COC(=O)c1ccc(O[C@@H]2O[C@H](CNC(C)=O)[C@H](O)[C@H](O)[C@H]2O)cc1. The van der Waals surface area contributed by atoms with E-state index >= 15 is 0 Å². The summed E-state index contributed by atoms with van der Waals surface area (Å²) in [6.07, 6.45) is -6.61. The van der Waals surface area contributed by atoms with E-state index < -0.39 is 36.7 Å². The summed E-state index contributed by atoms with van der Waals surface area (Å²) in [5.41, 5.74) is 0.318. The molecule has 4 N–H and O–H groups in total. The first-order valence-corrected chi connectivity index (χ1v) is 7.62. The van der Waals surface area contributed by atoms with Crippen LogP contribution >= 0.6 is 0 Å². The molecule has 1 aromatic rings. The first-order chi connectivity index (χ1) is 11.8. The zero-order valence-corrected chi connectivity index (χ0v) is 13.8. The molecule has 0 aromatic heterocycles. The van der Waals surface area contributed by atoms with E-state index in [0.29, 0.717) is 5.56 Å². The summed E-state index contributed by atoms with van der Waals surface area (Å²) in [5.74, 6) is -0.555. The van der Waals surface area contributed by atoms with Crippen molar-refractivity contribution in [3.63, 3.8) is 0 Å². The van der Waals surface area contributed by atoms with Crippen molar-refractivity contribution in [2.45, 2.75) is 37.6 Å². The number of carbonyl (C=O) groups is 2. The monoisotopic (exact) mass is 355 g/mol. The van der Waals surface area contributed by atoms with Gasteiger partial charge in [0.25, 0.3) is 0 Å². The molecular formula is C16H21NO8. The predicted molar refractivity (Wildman–Crippen MR) is 83.8 cm³/mol. The molecule has 0 saturated carbocycles. The van der Waals surface area contributed by atoms with Crippen LogP contribution in [0.25, 0.3) is 0 Å². The van der Waals surface area contributed by atoms with Crippen LogP contribution in [0.4, 0.5) is 0 Å². The van der Waals surface area contributed by atoms with Crippen molar-refractivity contribution in [3.05, 3.63) is 29.8 Å². The summed E-state index contributed by atoms with van der Waals surface area (Å²) in [6.45, 7) is 1.25. The van der Waals surface area contributed by atoms with Crippen LogP contribution in [-0.4, -0.2) is 71.6 Å². The zero-order chi connectivity index (χ0) is 18.6. The topological polar surface area (TPSA) is 135 Å². The first-order valence-electron chi connectivity index (χ1n) is 7.62. The minimum atomic E-state index is -1.51. The number of carbonyl (C=O) groups excluding carboxylic acids is 2. The Morgan fingerprint density at radius 3 is 2.32 bits per heavy atom. The van der Waals surface area contributed by atoms with Gasteiger partial charge in [0.05, 0.1) is 12.7 Å². The van der Waals surface area contributed by atoms with Gasteiger partial charge in [0.15, 0.2) is 0 Å². The Bertz CT molecular complexity index is 605. The molecule has 1 aliphatic heterocycles. The van der Waals surface area contributed by atoms with Gasteiger partial charge in [0.1, 0.15) is 30.2 Å². The minimum Gasteiger partial charge on any atom is -0.465 e. The van der Waals surface area contributed by atoms with E-state index in [1.165, 1.54) is 38.3 Å². The molecule has 9 nitrogen and oxygen atoms in total. The number of hydrogen-bond acceptors (Lipinski definition) is 8. The second kappa shape index (κ2) is 8.26. The second-order valence-corrected chi connectivity index (χ2v) is 5.59. The second-order valence-electron chi connectivity index (χ2n) is 5.59. The summed E-state index contributed by atoms with van der Waals surface area (Å²) < 4.78 is 15.5. The highest BCUT2D eigenvalue weighted by molar-refractivity contribution is 5.89. The van der Waals surface area contributed by atoms with E-state index in [2.05, 4.69) is 10.1 Å². The highest BCUT2D eigenvalue weighted by atomic mass is 16.7. The lowest BCUT2D eigenvalue weighted by molar-refractivity contribution is -0.270. The lowest BCUT2D eigenvalue weighted by Gasteiger charge is -2.40. The average Bonchev–Trinajstić information content (AvgIpc) is 2.61. The van der Waals surface area contributed by atoms with E-state index in [4.69, 9.17) is 9.47 Å². The van der Waals surface area contributed by atoms with E-state index in [1.54, 1.807) is 0 Å². The molecule has 25 heavy (non-hydrogen) atoms. The van der Waals surface area contributed by atoms with Gasteiger partial charge in [0, 0.05) is 13.5 Å². The molecule has 1 amide bonds. The van der Waals surface area contributed by atoms with Gasteiger partial charge in [-0.15, -0.1) is 0 Å². The number of hydrogen-bond donors (Lipinski definition) is 4. The van der Waals surface area contributed by atoms with Gasteiger partial charge >= 0.3 is 5.97 Å². The van der Waals surface area contributed by atoms with Gasteiger partial charge in [-0.05, 0) is 24.3 Å².